The summed E-state index contributed by atoms with van der Waals surface area (Å²) in [5.41, 5.74) is 4.33. The van der Waals surface area contributed by atoms with Crippen LogP contribution in [-0.2, 0) is 5.41 Å². The fourth-order valence-electron chi connectivity index (χ4n) is 12.0. The van der Waals surface area contributed by atoms with Crippen molar-refractivity contribution in [2.24, 2.45) is 39.4 Å². The third-order valence-electron chi connectivity index (χ3n) is 11.4. The second-order valence-corrected chi connectivity index (χ2v) is 15.3. The van der Waals surface area contributed by atoms with Crippen LogP contribution in [0.1, 0.15) is 96.5 Å². The number of benzene rings is 1. The SMILES string of the molecule is CC12CC3CC(C1)CC(C14CC5CC(C)(CC(c6ccc(O)c(I)c6)(C5)C1)C4)(C3)C2. The van der Waals surface area contributed by atoms with E-state index in [2.05, 4.69) is 48.6 Å². The third kappa shape index (κ3) is 2.41. The van der Waals surface area contributed by atoms with Gasteiger partial charge in [-0.2, -0.15) is 0 Å². The predicted molar refractivity (Wildman–Crippen MR) is 129 cm³/mol. The first-order chi connectivity index (χ1) is 14.1. The standard InChI is InChI=1S/C28H37IO/c1-24-7-18-5-19(8-24)12-27(11-18,15-24)28-13-20-9-25(2,16-28)14-26(10-20,17-28)21-3-4-23(30)22(29)6-21/h3-4,6,18-20,30H,5,7-17H2,1-2H3. The first kappa shape index (κ1) is 19.2. The van der Waals surface area contributed by atoms with Crippen LogP contribution in [-0.4, -0.2) is 5.11 Å². The highest BCUT2D eigenvalue weighted by Gasteiger charge is 2.71. The van der Waals surface area contributed by atoms with Crippen molar-refractivity contribution in [1.82, 2.24) is 0 Å². The summed E-state index contributed by atoms with van der Waals surface area (Å²) in [4.78, 5) is 0. The van der Waals surface area contributed by atoms with E-state index in [0.717, 1.165) is 21.3 Å². The molecule has 8 saturated carbocycles. The fraction of sp³-hybridized carbons (Fsp3) is 0.786. The predicted octanol–water partition coefficient (Wildman–Crippen LogP) is 7.83. The molecule has 8 aliphatic rings. The lowest BCUT2D eigenvalue weighted by Gasteiger charge is -2.75. The van der Waals surface area contributed by atoms with Crippen LogP contribution in [0.5, 0.6) is 5.75 Å². The topological polar surface area (TPSA) is 20.2 Å². The minimum Gasteiger partial charge on any atom is -0.507 e. The first-order valence-electron chi connectivity index (χ1n) is 12.6. The van der Waals surface area contributed by atoms with E-state index in [4.69, 9.17) is 0 Å². The molecule has 8 fully saturated rings. The summed E-state index contributed by atoms with van der Waals surface area (Å²) in [6.07, 6.45) is 18.0. The summed E-state index contributed by atoms with van der Waals surface area (Å²) in [7, 11) is 0. The molecule has 30 heavy (non-hydrogen) atoms. The van der Waals surface area contributed by atoms with Crippen molar-refractivity contribution in [3.63, 3.8) is 0 Å². The summed E-state index contributed by atoms with van der Waals surface area (Å²) in [6, 6.07) is 6.63. The van der Waals surface area contributed by atoms with Gasteiger partial charge in [0.2, 0.25) is 0 Å². The van der Waals surface area contributed by atoms with E-state index in [-0.39, 0.29) is 0 Å². The molecule has 0 spiro atoms. The molecule has 0 aliphatic heterocycles. The molecular weight excluding hydrogens is 479 g/mol. The number of rotatable bonds is 2. The van der Waals surface area contributed by atoms with E-state index < -0.39 is 0 Å². The van der Waals surface area contributed by atoms with Gasteiger partial charge in [-0.3, -0.25) is 0 Å². The average molecular weight is 517 g/mol. The minimum atomic E-state index is 0.367. The quantitative estimate of drug-likeness (QED) is 0.397. The zero-order valence-corrected chi connectivity index (χ0v) is 20.9. The van der Waals surface area contributed by atoms with Crippen molar-refractivity contribution in [3.8, 4) is 5.75 Å². The van der Waals surface area contributed by atoms with Crippen molar-refractivity contribution in [1.29, 1.82) is 0 Å². The highest BCUT2D eigenvalue weighted by atomic mass is 127. The molecule has 1 nitrogen and oxygen atoms in total. The van der Waals surface area contributed by atoms with Gasteiger partial charge in [0.05, 0.1) is 3.57 Å². The summed E-state index contributed by atoms with van der Waals surface area (Å²) in [5, 5.41) is 10.2. The number of hydrogen-bond acceptors (Lipinski definition) is 1. The maximum atomic E-state index is 10.2. The van der Waals surface area contributed by atoms with Crippen LogP contribution in [0.3, 0.4) is 0 Å². The Morgan fingerprint density at radius 3 is 2.10 bits per heavy atom. The Labute approximate surface area is 195 Å². The van der Waals surface area contributed by atoms with Crippen LogP contribution in [0.15, 0.2) is 18.2 Å². The monoisotopic (exact) mass is 516 g/mol. The average Bonchev–Trinajstić information content (AvgIpc) is 2.60. The van der Waals surface area contributed by atoms with Crippen LogP contribution in [0.25, 0.3) is 0 Å². The molecule has 0 aromatic heterocycles. The number of halogens is 1. The molecule has 1 aromatic carbocycles. The van der Waals surface area contributed by atoms with Crippen LogP contribution in [0, 0.1) is 43.0 Å². The molecule has 0 heterocycles. The van der Waals surface area contributed by atoms with Crippen molar-refractivity contribution in [3.05, 3.63) is 27.3 Å². The number of phenolic OH excluding ortho intramolecular Hbond substituents is 1. The Kier molecular flexibility index (Phi) is 3.61. The number of hydrogen-bond donors (Lipinski definition) is 1. The molecule has 0 saturated heterocycles. The summed E-state index contributed by atoms with van der Waals surface area (Å²) in [6.45, 7) is 5.33. The van der Waals surface area contributed by atoms with Gasteiger partial charge in [-0.1, -0.05) is 19.9 Å². The molecule has 6 unspecified atom stereocenters. The molecule has 1 aromatic rings. The van der Waals surface area contributed by atoms with Crippen molar-refractivity contribution >= 4 is 22.6 Å². The highest BCUT2D eigenvalue weighted by molar-refractivity contribution is 14.1. The van der Waals surface area contributed by atoms with Crippen LogP contribution in [0.2, 0.25) is 0 Å². The minimum absolute atomic E-state index is 0.367. The molecule has 9 rings (SSSR count). The maximum Gasteiger partial charge on any atom is 0.128 e. The largest absolute Gasteiger partial charge is 0.507 e. The van der Waals surface area contributed by atoms with Gasteiger partial charge in [0.25, 0.3) is 0 Å². The molecule has 8 bridgehead atoms. The Morgan fingerprint density at radius 1 is 0.767 bits per heavy atom. The van der Waals surface area contributed by atoms with Gasteiger partial charge in [0, 0.05) is 0 Å². The lowest BCUT2D eigenvalue weighted by atomic mass is 9.29. The Morgan fingerprint density at radius 2 is 1.43 bits per heavy atom. The van der Waals surface area contributed by atoms with E-state index >= 15 is 0 Å². The molecule has 6 atom stereocenters. The number of phenols is 1. The van der Waals surface area contributed by atoms with Crippen molar-refractivity contribution in [2.75, 3.05) is 0 Å². The smallest absolute Gasteiger partial charge is 0.128 e. The Hall–Kier alpha value is -0.250. The molecule has 162 valence electrons. The second kappa shape index (κ2) is 5.62. The van der Waals surface area contributed by atoms with E-state index in [9.17, 15) is 5.11 Å². The van der Waals surface area contributed by atoms with Crippen LogP contribution in [0.4, 0.5) is 0 Å². The zero-order valence-electron chi connectivity index (χ0n) is 18.8. The lowest BCUT2D eigenvalue weighted by molar-refractivity contribution is -0.239. The van der Waals surface area contributed by atoms with Gasteiger partial charge in [0.15, 0.2) is 0 Å². The van der Waals surface area contributed by atoms with E-state index in [0.29, 0.717) is 32.8 Å². The summed E-state index contributed by atoms with van der Waals surface area (Å²) >= 11 is 2.34. The number of aromatic hydroxyl groups is 1. The van der Waals surface area contributed by atoms with E-state index in [1.54, 1.807) is 31.2 Å². The molecule has 0 amide bonds. The zero-order chi connectivity index (χ0) is 20.6. The first-order valence-corrected chi connectivity index (χ1v) is 13.7. The van der Waals surface area contributed by atoms with Crippen LogP contribution >= 0.6 is 22.6 Å². The Bertz CT molecular complexity index is 923. The van der Waals surface area contributed by atoms with Crippen LogP contribution < -0.4 is 0 Å². The normalized spacial score (nSPS) is 55.4. The molecule has 1 N–H and O–H groups in total. The molecule has 2 heteroatoms. The van der Waals surface area contributed by atoms with Crippen molar-refractivity contribution in [2.45, 2.75) is 96.3 Å². The van der Waals surface area contributed by atoms with Gasteiger partial charge in [-0.15, -0.1) is 0 Å². The fourth-order valence-corrected chi connectivity index (χ4v) is 12.5. The van der Waals surface area contributed by atoms with Gasteiger partial charge in [-0.05, 0) is 162 Å². The maximum absolute atomic E-state index is 10.2. The van der Waals surface area contributed by atoms with Crippen molar-refractivity contribution < 1.29 is 5.11 Å². The summed E-state index contributed by atoms with van der Waals surface area (Å²) < 4.78 is 1.04. The lowest BCUT2D eigenvalue weighted by Crippen LogP contribution is -2.66. The van der Waals surface area contributed by atoms with Gasteiger partial charge in [-0.25, -0.2) is 0 Å². The molecule has 8 aliphatic carbocycles. The van der Waals surface area contributed by atoms with Gasteiger partial charge >= 0.3 is 0 Å². The van der Waals surface area contributed by atoms with Gasteiger partial charge < -0.3 is 5.11 Å². The Balaban J connectivity index is 1.37. The molecule has 0 radical (unpaired) electrons. The highest BCUT2D eigenvalue weighted by Crippen LogP contribution is 2.80. The third-order valence-corrected chi connectivity index (χ3v) is 12.3. The second-order valence-electron chi connectivity index (χ2n) is 14.1. The van der Waals surface area contributed by atoms with E-state index in [1.807, 2.05) is 6.07 Å². The van der Waals surface area contributed by atoms with Gasteiger partial charge in [0.1, 0.15) is 5.75 Å². The summed E-state index contributed by atoms with van der Waals surface area (Å²) in [5.74, 6) is 3.45. The molecular formula is C28H37IO. The van der Waals surface area contributed by atoms with E-state index in [1.165, 1.54) is 51.4 Å².